The molecule has 0 fully saturated rings. The van der Waals surface area contributed by atoms with Gasteiger partial charge in [-0.15, -0.1) is 0 Å². The molecule has 0 saturated heterocycles. The molecule has 0 aliphatic heterocycles. The first kappa shape index (κ1) is 19.1. The molecule has 3 heteroatoms. The molecular weight excluding hydrogens is 331 g/mol. The van der Waals surface area contributed by atoms with Crippen LogP contribution in [-0.4, -0.2) is 5.52 Å². The number of benzene rings is 2. The Morgan fingerprint density at radius 2 is 1.38 bits per heavy atom. The Morgan fingerprint density at radius 3 is 1.79 bits per heavy atom. The van der Waals surface area contributed by atoms with Crippen LogP contribution in [-0.2, 0) is 16.6 Å². The minimum Gasteiger partial charge on any atom is -0.292 e. The van der Waals surface area contributed by atoms with Crippen molar-refractivity contribution in [2.45, 2.75) is 46.5 Å². The fourth-order valence-electron chi connectivity index (χ4n) is 3.01. The Balaban J connectivity index is 2.48. The smallest absolute Gasteiger partial charge is 0.178 e. The highest BCUT2D eigenvalue weighted by atomic mass is 32.4. The molecule has 24 heavy (non-hydrogen) atoms. The predicted octanol–water partition coefficient (Wildman–Crippen LogP) is 5.25. The summed E-state index contributed by atoms with van der Waals surface area (Å²) in [5.74, 6) is 0. The molecule has 0 aliphatic rings. The Bertz CT molecular complexity index is 664. The van der Waals surface area contributed by atoms with E-state index in [0.29, 0.717) is 0 Å². The second kappa shape index (κ2) is 8.23. The van der Waals surface area contributed by atoms with E-state index in [2.05, 4.69) is 20.8 Å². The van der Waals surface area contributed by atoms with Crippen molar-refractivity contribution in [1.82, 2.24) is 0 Å². The molecule has 128 valence electrons. The molecule has 0 amide bonds. The first-order valence-electron chi connectivity index (χ1n) is 8.69. The standard InChI is InChI=1S/C21H27OPS/c1-4-5-12-17-21(2,3)20(22)23(24,18-13-8-6-9-14-18)19-15-10-7-11-16-19/h6-11,13-16H,4-5,12,17H2,1-3H3. The number of hydrogen-bond acceptors (Lipinski definition) is 2. The minimum absolute atomic E-state index is 0.235. The van der Waals surface area contributed by atoms with E-state index in [0.717, 1.165) is 36.3 Å². The van der Waals surface area contributed by atoms with Gasteiger partial charge in [-0.3, -0.25) is 4.79 Å². The van der Waals surface area contributed by atoms with Crippen molar-refractivity contribution in [3.63, 3.8) is 0 Å². The summed E-state index contributed by atoms with van der Waals surface area (Å²) in [5, 5.41) is 2.00. The number of hydrogen-bond donors (Lipinski definition) is 0. The monoisotopic (exact) mass is 358 g/mol. The molecule has 0 atom stereocenters. The van der Waals surface area contributed by atoms with E-state index in [1.54, 1.807) is 0 Å². The number of carbonyl (C=O) groups excluding carboxylic acids is 1. The number of carbonyl (C=O) groups is 1. The summed E-state index contributed by atoms with van der Waals surface area (Å²) >= 11 is 6.15. The van der Waals surface area contributed by atoms with Crippen LogP contribution in [0.25, 0.3) is 0 Å². The molecule has 0 spiro atoms. The van der Waals surface area contributed by atoms with Crippen molar-refractivity contribution >= 4 is 34.0 Å². The van der Waals surface area contributed by atoms with E-state index < -0.39 is 11.5 Å². The van der Waals surface area contributed by atoms with Crippen LogP contribution >= 0.6 is 6.04 Å². The van der Waals surface area contributed by atoms with Gasteiger partial charge in [-0.25, -0.2) is 0 Å². The molecule has 1 nitrogen and oxygen atoms in total. The highest BCUT2D eigenvalue weighted by molar-refractivity contribution is 8.29. The van der Waals surface area contributed by atoms with Crippen LogP contribution in [0.1, 0.15) is 46.5 Å². The van der Waals surface area contributed by atoms with Gasteiger partial charge >= 0.3 is 0 Å². The highest BCUT2D eigenvalue weighted by Crippen LogP contribution is 2.51. The predicted molar refractivity (Wildman–Crippen MR) is 109 cm³/mol. The molecule has 2 rings (SSSR count). The van der Waals surface area contributed by atoms with E-state index in [1.165, 1.54) is 0 Å². The summed E-state index contributed by atoms with van der Waals surface area (Å²) in [5.41, 5.74) is -0.158. The Hall–Kier alpha value is -1.24. The average molecular weight is 358 g/mol. The first-order valence-corrected chi connectivity index (χ1v) is 11.5. The molecule has 0 bridgehead atoms. The van der Waals surface area contributed by atoms with Gasteiger partial charge in [0.2, 0.25) is 0 Å². The Kier molecular flexibility index (Phi) is 6.54. The van der Waals surface area contributed by atoms with E-state index in [9.17, 15) is 4.79 Å². The summed E-state index contributed by atoms with van der Waals surface area (Å²) in [6.45, 7) is 6.32. The van der Waals surface area contributed by atoms with Gasteiger partial charge in [-0.2, -0.15) is 0 Å². The quantitative estimate of drug-likeness (QED) is 0.473. The average Bonchev–Trinajstić information content (AvgIpc) is 2.62. The lowest BCUT2D eigenvalue weighted by Crippen LogP contribution is -2.32. The van der Waals surface area contributed by atoms with Gasteiger partial charge in [0.15, 0.2) is 5.52 Å². The zero-order valence-corrected chi connectivity index (χ0v) is 16.6. The van der Waals surface area contributed by atoms with Gasteiger partial charge in [-0.1, -0.05) is 113 Å². The number of unbranched alkanes of at least 4 members (excludes halogenated alkanes) is 2. The first-order chi connectivity index (χ1) is 11.4. The molecule has 0 heterocycles. The fourth-order valence-corrected chi connectivity index (χ4v) is 7.40. The van der Waals surface area contributed by atoms with Crippen LogP contribution in [0.15, 0.2) is 60.7 Å². The van der Waals surface area contributed by atoms with Crippen LogP contribution in [0, 0.1) is 5.41 Å². The Labute approximate surface area is 151 Å². The normalized spacial score (nSPS) is 12.1. The zero-order chi connectivity index (χ0) is 17.6. The minimum atomic E-state index is -2.49. The lowest BCUT2D eigenvalue weighted by atomic mass is 9.88. The molecule has 0 radical (unpaired) electrons. The molecule has 0 aromatic heterocycles. The maximum atomic E-state index is 13.6. The van der Waals surface area contributed by atoms with Crippen LogP contribution in [0.2, 0.25) is 0 Å². The second-order valence-corrected chi connectivity index (χ2v) is 11.2. The fraction of sp³-hybridized carbons (Fsp3) is 0.381. The highest BCUT2D eigenvalue weighted by Gasteiger charge is 2.40. The zero-order valence-electron chi connectivity index (χ0n) is 14.9. The van der Waals surface area contributed by atoms with E-state index in [4.69, 9.17) is 11.8 Å². The summed E-state index contributed by atoms with van der Waals surface area (Å²) in [7, 11) is 0. The number of rotatable bonds is 8. The van der Waals surface area contributed by atoms with Crippen molar-refractivity contribution < 1.29 is 4.79 Å². The summed E-state index contributed by atoms with van der Waals surface area (Å²) in [6, 6.07) is 17.5. The topological polar surface area (TPSA) is 17.1 Å². The van der Waals surface area contributed by atoms with Crippen LogP contribution in [0.4, 0.5) is 0 Å². The summed E-state index contributed by atoms with van der Waals surface area (Å²) < 4.78 is 0. The van der Waals surface area contributed by atoms with Gasteiger partial charge in [0.25, 0.3) is 0 Å². The van der Waals surface area contributed by atoms with Crippen LogP contribution in [0.3, 0.4) is 0 Å². The molecule has 0 N–H and O–H groups in total. The molecule has 2 aromatic carbocycles. The Morgan fingerprint density at radius 1 is 0.917 bits per heavy atom. The maximum Gasteiger partial charge on any atom is 0.178 e. The molecule has 2 aromatic rings. The maximum absolute atomic E-state index is 13.6. The van der Waals surface area contributed by atoms with Gasteiger partial charge in [0.1, 0.15) is 0 Å². The van der Waals surface area contributed by atoms with E-state index >= 15 is 0 Å². The van der Waals surface area contributed by atoms with E-state index in [1.807, 2.05) is 60.7 Å². The molecular formula is C21H27OPS. The van der Waals surface area contributed by atoms with Crippen LogP contribution in [0.5, 0.6) is 0 Å². The molecule has 0 aliphatic carbocycles. The van der Waals surface area contributed by atoms with Gasteiger partial charge in [0, 0.05) is 5.41 Å². The van der Waals surface area contributed by atoms with Crippen molar-refractivity contribution in [1.29, 1.82) is 0 Å². The van der Waals surface area contributed by atoms with Gasteiger partial charge in [0.05, 0.1) is 6.04 Å². The third-order valence-electron chi connectivity index (χ3n) is 4.51. The van der Waals surface area contributed by atoms with Crippen molar-refractivity contribution in [3.05, 3.63) is 60.7 Å². The van der Waals surface area contributed by atoms with Gasteiger partial charge < -0.3 is 0 Å². The molecule has 0 saturated carbocycles. The van der Waals surface area contributed by atoms with Crippen molar-refractivity contribution in [3.8, 4) is 0 Å². The van der Waals surface area contributed by atoms with Gasteiger partial charge in [-0.05, 0) is 17.0 Å². The largest absolute Gasteiger partial charge is 0.292 e. The summed E-state index contributed by atoms with van der Waals surface area (Å²) in [4.78, 5) is 13.6. The summed E-state index contributed by atoms with van der Waals surface area (Å²) in [6.07, 6.45) is 4.30. The third kappa shape index (κ3) is 4.05. The van der Waals surface area contributed by atoms with Crippen molar-refractivity contribution in [2.75, 3.05) is 0 Å². The molecule has 0 unspecified atom stereocenters. The SMILES string of the molecule is CCCCCC(C)(C)C(=O)P(=S)(c1ccccc1)c1ccccc1. The van der Waals surface area contributed by atoms with E-state index in [-0.39, 0.29) is 5.52 Å². The lowest BCUT2D eigenvalue weighted by molar-refractivity contribution is -0.119. The lowest BCUT2D eigenvalue weighted by Gasteiger charge is -2.31. The second-order valence-electron chi connectivity index (χ2n) is 6.93. The van der Waals surface area contributed by atoms with Crippen LogP contribution < -0.4 is 10.6 Å². The third-order valence-corrected chi connectivity index (χ3v) is 9.50. The van der Waals surface area contributed by atoms with Crippen molar-refractivity contribution in [2.24, 2.45) is 5.41 Å².